The van der Waals surface area contributed by atoms with Crippen molar-refractivity contribution in [2.24, 2.45) is 5.73 Å². The molecule has 0 bridgehead atoms. The molecule has 1 unspecified atom stereocenters. The van der Waals surface area contributed by atoms with E-state index in [2.05, 4.69) is 0 Å². The molecule has 96 valence electrons. The summed E-state index contributed by atoms with van der Waals surface area (Å²) in [7, 11) is 0. The van der Waals surface area contributed by atoms with Crippen LogP contribution in [-0.2, 0) is 4.79 Å². The quantitative estimate of drug-likeness (QED) is 0.836. The normalized spacial score (nSPS) is 20.0. The molecule has 1 heterocycles. The zero-order valence-corrected chi connectivity index (χ0v) is 11.1. The van der Waals surface area contributed by atoms with Gasteiger partial charge in [0, 0.05) is 29.6 Å². The number of amides is 1. The smallest absolute Gasteiger partial charge is 0.237 e. The van der Waals surface area contributed by atoms with Gasteiger partial charge in [0.05, 0.1) is 5.75 Å². The van der Waals surface area contributed by atoms with E-state index in [9.17, 15) is 9.59 Å². The van der Waals surface area contributed by atoms with Crippen LogP contribution in [0.25, 0.3) is 0 Å². The van der Waals surface area contributed by atoms with E-state index in [-0.39, 0.29) is 16.9 Å². The summed E-state index contributed by atoms with van der Waals surface area (Å²) in [6.45, 7) is 2.74. The summed E-state index contributed by atoms with van der Waals surface area (Å²) in [4.78, 5) is 24.8. The van der Waals surface area contributed by atoms with Crippen LogP contribution in [0.15, 0.2) is 24.3 Å². The van der Waals surface area contributed by atoms with Gasteiger partial charge in [0.1, 0.15) is 0 Å². The Morgan fingerprint density at radius 3 is 2.67 bits per heavy atom. The molecule has 1 fully saturated rings. The van der Waals surface area contributed by atoms with E-state index in [0.717, 1.165) is 5.69 Å². The molecule has 1 aliphatic heterocycles. The number of hydrogen-bond donors (Lipinski definition) is 1. The van der Waals surface area contributed by atoms with Crippen molar-refractivity contribution < 1.29 is 9.59 Å². The molecule has 0 aromatic heterocycles. The van der Waals surface area contributed by atoms with Gasteiger partial charge in [-0.2, -0.15) is 0 Å². The van der Waals surface area contributed by atoms with Crippen LogP contribution in [0.5, 0.6) is 0 Å². The molecule has 1 atom stereocenters. The Balaban J connectivity index is 2.18. The molecule has 0 spiro atoms. The van der Waals surface area contributed by atoms with Crippen LogP contribution < -0.4 is 10.6 Å². The highest BCUT2D eigenvalue weighted by Gasteiger charge is 2.26. The van der Waals surface area contributed by atoms with Gasteiger partial charge in [0.15, 0.2) is 5.78 Å². The molecule has 5 heteroatoms. The van der Waals surface area contributed by atoms with Crippen molar-refractivity contribution in [2.45, 2.75) is 12.2 Å². The highest BCUT2D eigenvalue weighted by Crippen LogP contribution is 2.24. The van der Waals surface area contributed by atoms with E-state index in [4.69, 9.17) is 5.73 Å². The van der Waals surface area contributed by atoms with E-state index >= 15 is 0 Å². The Morgan fingerprint density at radius 2 is 2.11 bits per heavy atom. The van der Waals surface area contributed by atoms with E-state index in [1.807, 2.05) is 12.1 Å². The van der Waals surface area contributed by atoms with Gasteiger partial charge in [-0.3, -0.25) is 9.59 Å². The zero-order chi connectivity index (χ0) is 13.1. The molecular formula is C13H16N2O2S. The van der Waals surface area contributed by atoms with Crippen molar-refractivity contribution in [3.05, 3.63) is 29.8 Å². The van der Waals surface area contributed by atoms with Crippen molar-refractivity contribution in [1.82, 2.24) is 0 Å². The average Bonchev–Trinajstić information content (AvgIpc) is 2.39. The van der Waals surface area contributed by atoms with Crippen molar-refractivity contribution >= 4 is 29.1 Å². The van der Waals surface area contributed by atoms with Gasteiger partial charge in [0.25, 0.3) is 0 Å². The second-order valence-electron chi connectivity index (χ2n) is 4.28. The molecule has 0 radical (unpaired) electrons. The lowest BCUT2D eigenvalue weighted by Crippen LogP contribution is -2.45. The van der Waals surface area contributed by atoms with Gasteiger partial charge in [-0.25, -0.2) is 0 Å². The lowest BCUT2D eigenvalue weighted by atomic mass is 10.1. The number of nitrogens with zero attached hydrogens (tertiary/aromatic N) is 1. The average molecular weight is 264 g/mol. The van der Waals surface area contributed by atoms with Crippen molar-refractivity contribution in [2.75, 3.05) is 23.7 Å². The molecule has 18 heavy (non-hydrogen) atoms. The second-order valence-corrected chi connectivity index (χ2v) is 5.56. The number of carbonyl (C=O) groups excluding carboxylic acids is 2. The Bertz CT molecular complexity index is 459. The topological polar surface area (TPSA) is 63.4 Å². The number of Topliss-reactive ketones (excluding diaryl/α,β-unsaturated/α-hetero) is 1. The van der Waals surface area contributed by atoms with Gasteiger partial charge in [-0.15, -0.1) is 11.8 Å². The zero-order valence-electron chi connectivity index (χ0n) is 10.3. The minimum atomic E-state index is 0.0295. The SMILES string of the molecule is CC(=O)c1ccc(N2CC(CN)SCC2=O)cc1. The summed E-state index contributed by atoms with van der Waals surface area (Å²) < 4.78 is 0. The Labute approximate surface area is 111 Å². The molecule has 1 amide bonds. The van der Waals surface area contributed by atoms with Gasteiger partial charge < -0.3 is 10.6 Å². The van der Waals surface area contributed by atoms with Gasteiger partial charge in [0.2, 0.25) is 5.91 Å². The molecule has 1 saturated heterocycles. The third-order valence-corrected chi connectivity index (χ3v) is 4.20. The number of carbonyl (C=O) groups is 2. The van der Waals surface area contributed by atoms with E-state index in [1.165, 1.54) is 6.92 Å². The number of anilines is 1. The third kappa shape index (κ3) is 2.73. The van der Waals surface area contributed by atoms with Crippen LogP contribution in [0.4, 0.5) is 5.69 Å². The molecule has 2 rings (SSSR count). The Hall–Kier alpha value is -1.33. The minimum absolute atomic E-state index is 0.0295. The maximum absolute atomic E-state index is 11.9. The molecular weight excluding hydrogens is 248 g/mol. The fraction of sp³-hybridized carbons (Fsp3) is 0.385. The monoisotopic (exact) mass is 264 g/mol. The fourth-order valence-corrected chi connectivity index (χ4v) is 2.82. The van der Waals surface area contributed by atoms with Crippen molar-refractivity contribution in [3.63, 3.8) is 0 Å². The predicted octanol–water partition coefficient (Wildman–Crippen LogP) is 1.30. The van der Waals surface area contributed by atoms with Gasteiger partial charge in [-0.1, -0.05) is 0 Å². The maximum atomic E-state index is 11.9. The van der Waals surface area contributed by atoms with Crippen LogP contribution in [0.2, 0.25) is 0 Å². The largest absolute Gasteiger partial charge is 0.329 e. The number of thioether (sulfide) groups is 1. The number of ketones is 1. The van der Waals surface area contributed by atoms with Gasteiger partial charge in [-0.05, 0) is 31.2 Å². The first kappa shape index (κ1) is 13.1. The first-order valence-electron chi connectivity index (χ1n) is 5.85. The summed E-state index contributed by atoms with van der Waals surface area (Å²) in [5.74, 6) is 0.596. The van der Waals surface area contributed by atoms with E-state index in [1.54, 1.807) is 28.8 Å². The highest BCUT2D eigenvalue weighted by atomic mass is 32.2. The van der Waals surface area contributed by atoms with Crippen LogP contribution in [0, 0.1) is 0 Å². The predicted molar refractivity (Wildman–Crippen MR) is 74.1 cm³/mol. The summed E-state index contributed by atoms with van der Waals surface area (Å²) in [6.07, 6.45) is 0. The highest BCUT2D eigenvalue weighted by molar-refractivity contribution is 8.00. The number of nitrogens with two attached hydrogens (primary N) is 1. The van der Waals surface area contributed by atoms with Crippen LogP contribution >= 0.6 is 11.8 Å². The molecule has 0 saturated carbocycles. The number of hydrogen-bond acceptors (Lipinski definition) is 4. The lowest BCUT2D eigenvalue weighted by molar-refractivity contribution is -0.116. The molecule has 1 aromatic carbocycles. The molecule has 4 nitrogen and oxygen atoms in total. The fourth-order valence-electron chi connectivity index (χ4n) is 1.89. The maximum Gasteiger partial charge on any atom is 0.237 e. The van der Waals surface area contributed by atoms with Crippen LogP contribution in [0.1, 0.15) is 17.3 Å². The van der Waals surface area contributed by atoms with Gasteiger partial charge >= 0.3 is 0 Å². The first-order valence-corrected chi connectivity index (χ1v) is 6.89. The van der Waals surface area contributed by atoms with Crippen LogP contribution in [0.3, 0.4) is 0 Å². The minimum Gasteiger partial charge on any atom is -0.329 e. The van der Waals surface area contributed by atoms with Crippen molar-refractivity contribution in [3.8, 4) is 0 Å². The lowest BCUT2D eigenvalue weighted by Gasteiger charge is -2.31. The first-order chi connectivity index (χ1) is 8.61. The summed E-state index contributed by atoms with van der Waals surface area (Å²) in [5.41, 5.74) is 7.15. The summed E-state index contributed by atoms with van der Waals surface area (Å²) in [6, 6.07) is 7.14. The molecule has 1 aromatic rings. The van der Waals surface area contributed by atoms with Crippen molar-refractivity contribution in [1.29, 1.82) is 0 Å². The number of benzene rings is 1. The Kier molecular flexibility index (Phi) is 4.04. The Morgan fingerprint density at radius 1 is 1.44 bits per heavy atom. The van der Waals surface area contributed by atoms with E-state index < -0.39 is 0 Å². The third-order valence-electron chi connectivity index (χ3n) is 2.98. The standard InChI is InChI=1S/C13H16N2O2S/c1-9(16)10-2-4-11(5-3-10)15-7-12(6-14)18-8-13(15)17/h2-5,12H,6-8,14H2,1H3. The number of rotatable bonds is 3. The molecule has 2 N–H and O–H groups in total. The summed E-state index contributed by atoms with van der Waals surface area (Å²) in [5, 5.41) is 0.287. The summed E-state index contributed by atoms with van der Waals surface area (Å²) >= 11 is 1.61. The van der Waals surface area contributed by atoms with Crippen LogP contribution in [-0.4, -0.2) is 35.8 Å². The van der Waals surface area contributed by atoms with E-state index in [0.29, 0.717) is 24.4 Å². The second kappa shape index (κ2) is 5.54. The molecule has 1 aliphatic rings. The molecule has 0 aliphatic carbocycles.